The van der Waals surface area contributed by atoms with Crippen molar-refractivity contribution in [2.75, 3.05) is 18.5 Å². The second-order valence-corrected chi connectivity index (χ2v) is 5.44. The Morgan fingerprint density at radius 3 is 2.89 bits per heavy atom. The summed E-state index contributed by atoms with van der Waals surface area (Å²) in [6.45, 7) is 5.27. The second kappa shape index (κ2) is 6.57. The van der Waals surface area contributed by atoms with Gasteiger partial charge in [0.25, 0.3) is 0 Å². The zero-order valence-electron chi connectivity index (χ0n) is 11.6. The third-order valence-electron chi connectivity index (χ3n) is 2.83. The molecule has 1 aromatic carbocycles. The number of hydrogen-bond acceptors (Lipinski definition) is 3. The molecular weight excluding hydrogens is 240 g/mol. The zero-order valence-corrected chi connectivity index (χ0v) is 11.6. The van der Waals surface area contributed by atoms with Crippen LogP contribution in [0.25, 0.3) is 0 Å². The van der Waals surface area contributed by atoms with Crippen molar-refractivity contribution in [3.05, 3.63) is 24.3 Å². The van der Waals surface area contributed by atoms with Crippen molar-refractivity contribution in [1.29, 1.82) is 0 Å². The van der Waals surface area contributed by atoms with Crippen LogP contribution in [0.2, 0.25) is 0 Å². The first-order chi connectivity index (χ1) is 9.13. The van der Waals surface area contributed by atoms with E-state index < -0.39 is 0 Å². The van der Waals surface area contributed by atoms with Crippen LogP contribution in [0.1, 0.15) is 26.7 Å². The van der Waals surface area contributed by atoms with Gasteiger partial charge in [0.05, 0.1) is 13.2 Å². The van der Waals surface area contributed by atoms with Crippen LogP contribution in [0.4, 0.5) is 5.69 Å². The molecule has 0 heterocycles. The molecule has 1 fully saturated rings. The van der Waals surface area contributed by atoms with Crippen molar-refractivity contribution < 1.29 is 9.53 Å². The highest BCUT2D eigenvalue weighted by Crippen LogP contribution is 2.19. The van der Waals surface area contributed by atoms with Gasteiger partial charge in [0.1, 0.15) is 5.75 Å². The molecular formula is C15H22N2O2. The van der Waals surface area contributed by atoms with Crippen molar-refractivity contribution in [3.63, 3.8) is 0 Å². The van der Waals surface area contributed by atoms with Crippen molar-refractivity contribution in [2.24, 2.45) is 5.92 Å². The van der Waals surface area contributed by atoms with Gasteiger partial charge in [0.15, 0.2) is 0 Å². The normalized spacial score (nSPS) is 14.5. The van der Waals surface area contributed by atoms with Gasteiger partial charge >= 0.3 is 0 Å². The number of rotatable bonds is 7. The Morgan fingerprint density at radius 1 is 1.42 bits per heavy atom. The first-order valence-corrected chi connectivity index (χ1v) is 6.89. The summed E-state index contributed by atoms with van der Waals surface area (Å²) in [4.78, 5) is 11.7. The standard InChI is InChI=1S/C15H22N2O2/c1-11(2)10-19-14-5-3-4-13(8-14)17-15(18)9-16-12-6-7-12/h3-5,8,11-12,16H,6-7,9-10H2,1-2H3,(H,17,18). The fraction of sp³-hybridized carbons (Fsp3) is 0.533. The van der Waals surface area contributed by atoms with E-state index in [4.69, 9.17) is 4.74 Å². The first-order valence-electron chi connectivity index (χ1n) is 6.89. The van der Waals surface area contributed by atoms with Crippen molar-refractivity contribution in [3.8, 4) is 5.75 Å². The van der Waals surface area contributed by atoms with E-state index in [9.17, 15) is 4.79 Å². The molecule has 0 aliphatic heterocycles. The molecule has 0 unspecified atom stereocenters. The number of anilines is 1. The van der Waals surface area contributed by atoms with E-state index in [-0.39, 0.29) is 5.91 Å². The highest BCUT2D eigenvalue weighted by atomic mass is 16.5. The summed E-state index contributed by atoms with van der Waals surface area (Å²) in [6, 6.07) is 8.07. The van der Waals surface area contributed by atoms with Crippen LogP contribution in [-0.4, -0.2) is 25.1 Å². The SMILES string of the molecule is CC(C)COc1cccc(NC(=O)CNC2CC2)c1. The lowest BCUT2D eigenvalue weighted by Crippen LogP contribution is -2.29. The average molecular weight is 262 g/mol. The highest BCUT2D eigenvalue weighted by Gasteiger charge is 2.21. The lowest BCUT2D eigenvalue weighted by atomic mass is 10.2. The van der Waals surface area contributed by atoms with Crippen molar-refractivity contribution >= 4 is 11.6 Å². The number of carbonyl (C=O) groups excluding carboxylic acids is 1. The van der Waals surface area contributed by atoms with E-state index in [0.29, 0.717) is 25.1 Å². The van der Waals surface area contributed by atoms with E-state index in [1.807, 2.05) is 24.3 Å². The van der Waals surface area contributed by atoms with Crippen LogP contribution in [0.3, 0.4) is 0 Å². The molecule has 0 aromatic heterocycles. The second-order valence-electron chi connectivity index (χ2n) is 5.44. The molecule has 1 saturated carbocycles. The minimum atomic E-state index is -0.00657. The van der Waals surface area contributed by atoms with Gasteiger partial charge in [-0.05, 0) is 30.9 Å². The molecule has 0 bridgehead atoms. The molecule has 1 aliphatic rings. The molecule has 2 N–H and O–H groups in total. The molecule has 1 aliphatic carbocycles. The van der Waals surface area contributed by atoms with Crippen LogP contribution in [-0.2, 0) is 4.79 Å². The van der Waals surface area contributed by atoms with E-state index in [1.165, 1.54) is 12.8 Å². The van der Waals surface area contributed by atoms with Gasteiger partial charge in [-0.3, -0.25) is 4.79 Å². The molecule has 4 nitrogen and oxygen atoms in total. The third kappa shape index (κ3) is 5.30. The molecule has 2 rings (SSSR count). The number of hydrogen-bond donors (Lipinski definition) is 2. The Balaban J connectivity index is 1.81. The van der Waals surface area contributed by atoms with Gasteiger partial charge in [-0.1, -0.05) is 19.9 Å². The van der Waals surface area contributed by atoms with E-state index in [0.717, 1.165) is 11.4 Å². The largest absolute Gasteiger partial charge is 0.493 e. The van der Waals surface area contributed by atoms with Crippen molar-refractivity contribution in [2.45, 2.75) is 32.7 Å². The van der Waals surface area contributed by atoms with Gasteiger partial charge in [0, 0.05) is 17.8 Å². The molecule has 0 radical (unpaired) electrons. The predicted molar refractivity (Wildman–Crippen MR) is 76.4 cm³/mol. The predicted octanol–water partition coefficient (Wildman–Crippen LogP) is 2.41. The summed E-state index contributed by atoms with van der Waals surface area (Å²) in [5.74, 6) is 1.27. The number of ether oxygens (including phenoxy) is 1. The van der Waals surface area contributed by atoms with E-state index in [2.05, 4.69) is 24.5 Å². The molecule has 0 atom stereocenters. The van der Waals surface area contributed by atoms with Crippen molar-refractivity contribution in [1.82, 2.24) is 5.32 Å². The maximum absolute atomic E-state index is 11.7. The Morgan fingerprint density at radius 2 is 2.21 bits per heavy atom. The minimum absolute atomic E-state index is 0.00657. The number of amides is 1. The zero-order chi connectivity index (χ0) is 13.7. The van der Waals surface area contributed by atoms with Crippen LogP contribution < -0.4 is 15.4 Å². The summed E-state index contributed by atoms with van der Waals surface area (Å²) in [6.07, 6.45) is 2.37. The smallest absolute Gasteiger partial charge is 0.238 e. The monoisotopic (exact) mass is 262 g/mol. The van der Waals surface area contributed by atoms with Gasteiger partial charge in [-0.2, -0.15) is 0 Å². The van der Waals surface area contributed by atoms with Crippen LogP contribution in [0.15, 0.2) is 24.3 Å². The summed E-state index contributed by atoms with van der Waals surface area (Å²) in [5, 5.41) is 6.06. The van der Waals surface area contributed by atoms with Gasteiger partial charge in [0.2, 0.25) is 5.91 Å². The average Bonchev–Trinajstić information content (AvgIpc) is 3.18. The maximum atomic E-state index is 11.7. The first kappa shape index (κ1) is 13.9. The number of nitrogens with one attached hydrogen (secondary N) is 2. The lowest BCUT2D eigenvalue weighted by Gasteiger charge is -2.11. The van der Waals surface area contributed by atoms with E-state index in [1.54, 1.807) is 0 Å². The summed E-state index contributed by atoms with van der Waals surface area (Å²) < 4.78 is 5.63. The minimum Gasteiger partial charge on any atom is -0.493 e. The topological polar surface area (TPSA) is 50.4 Å². The summed E-state index contributed by atoms with van der Waals surface area (Å²) in [5.41, 5.74) is 0.781. The molecule has 4 heteroatoms. The molecule has 19 heavy (non-hydrogen) atoms. The summed E-state index contributed by atoms with van der Waals surface area (Å²) >= 11 is 0. The van der Waals surface area contributed by atoms with Crippen LogP contribution >= 0.6 is 0 Å². The van der Waals surface area contributed by atoms with E-state index >= 15 is 0 Å². The maximum Gasteiger partial charge on any atom is 0.238 e. The Labute approximate surface area is 114 Å². The summed E-state index contributed by atoms with van der Waals surface area (Å²) in [7, 11) is 0. The highest BCUT2D eigenvalue weighted by molar-refractivity contribution is 5.92. The number of carbonyl (C=O) groups is 1. The van der Waals surface area contributed by atoms with Gasteiger partial charge < -0.3 is 15.4 Å². The van der Waals surface area contributed by atoms with Gasteiger partial charge in [-0.25, -0.2) is 0 Å². The Kier molecular flexibility index (Phi) is 4.80. The van der Waals surface area contributed by atoms with Gasteiger partial charge in [-0.15, -0.1) is 0 Å². The Hall–Kier alpha value is -1.55. The quantitative estimate of drug-likeness (QED) is 0.793. The molecule has 1 amide bonds. The van der Waals surface area contributed by atoms with Crippen LogP contribution in [0.5, 0.6) is 5.75 Å². The molecule has 104 valence electrons. The number of benzene rings is 1. The Bertz CT molecular complexity index is 428. The molecule has 1 aromatic rings. The fourth-order valence-corrected chi connectivity index (χ4v) is 1.66. The molecule has 0 spiro atoms. The lowest BCUT2D eigenvalue weighted by molar-refractivity contribution is -0.115. The molecule has 0 saturated heterocycles. The fourth-order valence-electron chi connectivity index (χ4n) is 1.66. The van der Waals surface area contributed by atoms with Crippen LogP contribution in [0, 0.1) is 5.92 Å². The third-order valence-corrected chi connectivity index (χ3v) is 2.83.